The topological polar surface area (TPSA) is 40.6 Å². The van der Waals surface area contributed by atoms with E-state index >= 15 is 0 Å². The highest BCUT2D eigenvalue weighted by atomic mass is 32.2. The number of benzene rings is 1. The second kappa shape index (κ2) is 5.38. The Hall–Kier alpha value is -0.910. The molecule has 1 aromatic rings. The number of nitrogens with zero attached hydrogens (tertiary/aromatic N) is 2. The summed E-state index contributed by atoms with van der Waals surface area (Å²) in [6, 6.07) is 7.25. The van der Waals surface area contributed by atoms with Crippen LogP contribution in [0.2, 0.25) is 0 Å². The molecule has 0 radical (unpaired) electrons. The first-order valence-electron chi connectivity index (χ1n) is 7.67. The van der Waals surface area contributed by atoms with Gasteiger partial charge in [-0.1, -0.05) is 12.1 Å². The average Bonchev–Trinajstić information content (AvgIpc) is 2.79. The first-order valence-corrected chi connectivity index (χ1v) is 9.11. The molecule has 2 aliphatic rings. The largest absolute Gasteiger partial charge is 0.306 e. The van der Waals surface area contributed by atoms with Crippen molar-refractivity contribution in [1.29, 1.82) is 0 Å². The molecule has 2 heterocycles. The van der Waals surface area contributed by atoms with Crippen LogP contribution in [0.4, 0.5) is 0 Å². The van der Waals surface area contributed by atoms with Crippen LogP contribution < -0.4 is 0 Å². The molecule has 116 valence electrons. The third kappa shape index (κ3) is 2.87. The van der Waals surface area contributed by atoms with Gasteiger partial charge in [0.1, 0.15) is 0 Å². The van der Waals surface area contributed by atoms with E-state index in [1.807, 2.05) is 19.1 Å². The van der Waals surface area contributed by atoms with Gasteiger partial charge in [-0.05, 0) is 62.9 Å². The van der Waals surface area contributed by atoms with E-state index in [1.165, 1.54) is 0 Å². The van der Waals surface area contributed by atoms with E-state index in [0.29, 0.717) is 18.0 Å². The molecule has 21 heavy (non-hydrogen) atoms. The molecule has 0 bridgehead atoms. The van der Waals surface area contributed by atoms with Gasteiger partial charge < -0.3 is 4.90 Å². The molecule has 1 spiro atoms. The fourth-order valence-corrected chi connectivity index (χ4v) is 5.48. The molecule has 4 nitrogen and oxygen atoms in total. The smallest absolute Gasteiger partial charge is 0.243 e. The zero-order chi connectivity index (χ0) is 15.1. The first kappa shape index (κ1) is 15.0. The van der Waals surface area contributed by atoms with Crippen molar-refractivity contribution in [3.8, 4) is 0 Å². The van der Waals surface area contributed by atoms with Crippen molar-refractivity contribution < 1.29 is 8.42 Å². The fourth-order valence-electron chi connectivity index (χ4n) is 3.78. The standard InChI is InChI=1S/C16H24N2O2S/c1-14-5-3-6-15(11-14)21(19,20)18-9-4-7-16(13-18)8-10-17(2)12-16/h3,5-6,11H,4,7-10,12-13H2,1-2H3/t16-/m1/s1. The minimum Gasteiger partial charge on any atom is -0.306 e. The quantitative estimate of drug-likeness (QED) is 0.840. The zero-order valence-electron chi connectivity index (χ0n) is 12.9. The van der Waals surface area contributed by atoms with E-state index < -0.39 is 10.0 Å². The first-order chi connectivity index (χ1) is 9.91. The summed E-state index contributed by atoms with van der Waals surface area (Å²) in [7, 11) is -1.22. The van der Waals surface area contributed by atoms with E-state index in [4.69, 9.17) is 0 Å². The van der Waals surface area contributed by atoms with Crippen molar-refractivity contribution in [3.05, 3.63) is 29.8 Å². The molecule has 0 N–H and O–H groups in total. The van der Waals surface area contributed by atoms with Crippen LogP contribution in [0.25, 0.3) is 0 Å². The Labute approximate surface area is 127 Å². The van der Waals surface area contributed by atoms with Gasteiger partial charge in [0.15, 0.2) is 0 Å². The minimum absolute atomic E-state index is 0.171. The molecule has 0 unspecified atom stereocenters. The number of hydrogen-bond acceptors (Lipinski definition) is 3. The maximum atomic E-state index is 12.9. The Balaban J connectivity index is 1.86. The van der Waals surface area contributed by atoms with Crippen LogP contribution >= 0.6 is 0 Å². The van der Waals surface area contributed by atoms with E-state index in [-0.39, 0.29) is 5.41 Å². The summed E-state index contributed by atoms with van der Waals surface area (Å²) in [4.78, 5) is 2.76. The second-order valence-electron chi connectivity index (χ2n) is 6.75. The van der Waals surface area contributed by atoms with Gasteiger partial charge in [0.25, 0.3) is 0 Å². The normalized spacial score (nSPS) is 28.3. The van der Waals surface area contributed by atoms with E-state index in [1.54, 1.807) is 16.4 Å². The van der Waals surface area contributed by atoms with Crippen molar-refractivity contribution in [2.24, 2.45) is 5.41 Å². The van der Waals surface area contributed by atoms with Gasteiger partial charge in [-0.25, -0.2) is 8.42 Å². The van der Waals surface area contributed by atoms with E-state index in [0.717, 1.165) is 37.9 Å². The monoisotopic (exact) mass is 308 g/mol. The molecule has 1 aromatic carbocycles. The van der Waals surface area contributed by atoms with Crippen LogP contribution in [-0.4, -0.2) is 50.8 Å². The van der Waals surface area contributed by atoms with Crippen LogP contribution in [0.15, 0.2) is 29.2 Å². The molecule has 1 atom stereocenters. The number of piperidine rings is 1. The van der Waals surface area contributed by atoms with Gasteiger partial charge in [-0.15, -0.1) is 0 Å². The third-order valence-corrected chi connectivity index (χ3v) is 6.72. The highest BCUT2D eigenvalue weighted by molar-refractivity contribution is 7.89. The molecular formula is C16H24N2O2S. The lowest BCUT2D eigenvalue weighted by Gasteiger charge is -2.39. The Kier molecular flexibility index (Phi) is 3.84. The van der Waals surface area contributed by atoms with E-state index in [2.05, 4.69) is 11.9 Å². The van der Waals surface area contributed by atoms with Crippen LogP contribution in [0.3, 0.4) is 0 Å². The van der Waals surface area contributed by atoms with Gasteiger partial charge >= 0.3 is 0 Å². The summed E-state index contributed by atoms with van der Waals surface area (Å²) >= 11 is 0. The van der Waals surface area contributed by atoms with Crippen molar-refractivity contribution >= 4 is 10.0 Å². The van der Waals surface area contributed by atoms with Gasteiger partial charge in [0, 0.05) is 19.6 Å². The highest BCUT2D eigenvalue weighted by Gasteiger charge is 2.43. The third-order valence-electron chi connectivity index (χ3n) is 4.88. The number of rotatable bonds is 2. The van der Waals surface area contributed by atoms with Gasteiger partial charge in [0.2, 0.25) is 10.0 Å². The molecule has 3 rings (SSSR count). The maximum Gasteiger partial charge on any atom is 0.243 e. The molecule has 5 heteroatoms. The average molecular weight is 308 g/mol. The van der Waals surface area contributed by atoms with Crippen LogP contribution in [0.5, 0.6) is 0 Å². The minimum atomic E-state index is -3.35. The van der Waals surface area contributed by atoms with Crippen LogP contribution in [-0.2, 0) is 10.0 Å². The zero-order valence-corrected chi connectivity index (χ0v) is 13.7. The van der Waals surface area contributed by atoms with Crippen LogP contribution in [0, 0.1) is 12.3 Å². The molecule has 2 fully saturated rings. The number of hydrogen-bond donors (Lipinski definition) is 0. The van der Waals surface area contributed by atoms with E-state index in [9.17, 15) is 8.42 Å². The van der Waals surface area contributed by atoms with Crippen molar-refractivity contribution in [2.45, 2.75) is 31.1 Å². The van der Waals surface area contributed by atoms with Gasteiger partial charge in [-0.3, -0.25) is 0 Å². The SMILES string of the molecule is Cc1cccc(S(=O)(=O)N2CCC[C@]3(CCN(C)C3)C2)c1. The Morgan fingerprint density at radius 1 is 1.14 bits per heavy atom. The maximum absolute atomic E-state index is 12.9. The predicted molar refractivity (Wildman–Crippen MR) is 83.7 cm³/mol. The number of likely N-dealkylation sites (tertiary alicyclic amines) is 1. The molecule has 2 aliphatic heterocycles. The van der Waals surface area contributed by atoms with Gasteiger partial charge in [-0.2, -0.15) is 4.31 Å². The Bertz CT molecular complexity index is 625. The molecule has 0 saturated carbocycles. The molecule has 0 aliphatic carbocycles. The summed E-state index contributed by atoms with van der Waals surface area (Å²) in [5.74, 6) is 0. The Morgan fingerprint density at radius 2 is 1.95 bits per heavy atom. The van der Waals surface area contributed by atoms with Crippen molar-refractivity contribution in [3.63, 3.8) is 0 Å². The van der Waals surface area contributed by atoms with Gasteiger partial charge in [0.05, 0.1) is 4.90 Å². The molecular weight excluding hydrogens is 284 g/mol. The predicted octanol–water partition coefficient (Wildman–Crippen LogP) is 2.10. The molecule has 2 saturated heterocycles. The lowest BCUT2D eigenvalue weighted by molar-refractivity contribution is 0.153. The summed E-state index contributed by atoms with van der Waals surface area (Å²) in [6.07, 6.45) is 3.24. The van der Waals surface area contributed by atoms with Crippen molar-refractivity contribution in [2.75, 3.05) is 33.2 Å². The second-order valence-corrected chi connectivity index (χ2v) is 8.68. The molecule has 0 amide bonds. The van der Waals surface area contributed by atoms with Crippen LogP contribution in [0.1, 0.15) is 24.8 Å². The summed E-state index contributed by atoms with van der Waals surface area (Å²) in [6.45, 7) is 5.36. The molecule has 0 aromatic heterocycles. The lowest BCUT2D eigenvalue weighted by Crippen LogP contribution is -2.47. The summed E-state index contributed by atoms with van der Waals surface area (Å²) in [5.41, 5.74) is 1.16. The van der Waals surface area contributed by atoms with Crippen molar-refractivity contribution in [1.82, 2.24) is 9.21 Å². The fraction of sp³-hybridized carbons (Fsp3) is 0.625. The lowest BCUT2D eigenvalue weighted by atomic mass is 9.80. The summed E-state index contributed by atoms with van der Waals surface area (Å²) in [5, 5.41) is 0. The summed E-state index contributed by atoms with van der Waals surface area (Å²) < 4.78 is 27.5. The number of sulfonamides is 1. The highest BCUT2D eigenvalue weighted by Crippen LogP contribution is 2.39. The number of aryl methyl sites for hydroxylation is 1. The Morgan fingerprint density at radius 3 is 2.62 bits per heavy atom.